The SMILES string of the molecule is COCCNc1nc(N)c(C(=O)N(C)CC2CC(O)C2)s1. The lowest BCUT2D eigenvalue weighted by atomic mass is 9.82. The van der Waals surface area contributed by atoms with E-state index in [0.717, 1.165) is 12.8 Å². The second-order valence-electron chi connectivity index (χ2n) is 5.33. The lowest BCUT2D eigenvalue weighted by molar-refractivity contribution is 0.0266. The first kappa shape index (κ1) is 16.0. The van der Waals surface area contributed by atoms with E-state index in [-0.39, 0.29) is 17.8 Å². The molecule has 21 heavy (non-hydrogen) atoms. The van der Waals surface area contributed by atoms with E-state index < -0.39 is 0 Å². The quantitative estimate of drug-likeness (QED) is 0.638. The molecular formula is C13H22N4O3S. The number of ether oxygens (including phenoxy) is 1. The molecule has 4 N–H and O–H groups in total. The predicted octanol–water partition coefficient (Wildman–Crippen LogP) is 0.627. The van der Waals surface area contributed by atoms with Crippen LogP contribution >= 0.6 is 11.3 Å². The minimum atomic E-state index is -0.205. The molecule has 1 amide bonds. The highest BCUT2D eigenvalue weighted by molar-refractivity contribution is 7.18. The van der Waals surface area contributed by atoms with E-state index in [0.29, 0.717) is 35.6 Å². The van der Waals surface area contributed by atoms with Crippen LogP contribution in [0.3, 0.4) is 0 Å². The fourth-order valence-corrected chi connectivity index (χ4v) is 3.22. The van der Waals surface area contributed by atoms with Gasteiger partial charge in [0.15, 0.2) is 5.13 Å². The van der Waals surface area contributed by atoms with Gasteiger partial charge in [0.25, 0.3) is 5.91 Å². The Balaban J connectivity index is 1.91. The normalized spacial score (nSPS) is 20.9. The number of hydrogen-bond donors (Lipinski definition) is 3. The molecule has 8 heteroatoms. The summed E-state index contributed by atoms with van der Waals surface area (Å²) in [6.07, 6.45) is 1.32. The first-order chi connectivity index (χ1) is 10.0. The molecule has 0 atom stereocenters. The van der Waals surface area contributed by atoms with E-state index in [2.05, 4.69) is 10.3 Å². The summed E-state index contributed by atoms with van der Waals surface area (Å²) in [5.41, 5.74) is 5.82. The molecule has 0 aromatic carbocycles. The van der Waals surface area contributed by atoms with Gasteiger partial charge in [-0.25, -0.2) is 4.98 Å². The van der Waals surface area contributed by atoms with Gasteiger partial charge < -0.3 is 25.8 Å². The maximum Gasteiger partial charge on any atom is 0.267 e. The largest absolute Gasteiger partial charge is 0.393 e. The van der Waals surface area contributed by atoms with Crippen LogP contribution in [0.1, 0.15) is 22.5 Å². The number of methoxy groups -OCH3 is 1. The van der Waals surface area contributed by atoms with Crippen LogP contribution in [-0.4, -0.2) is 60.9 Å². The second-order valence-corrected chi connectivity index (χ2v) is 6.33. The van der Waals surface area contributed by atoms with Crippen molar-refractivity contribution in [1.82, 2.24) is 9.88 Å². The molecule has 1 saturated carbocycles. The van der Waals surface area contributed by atoms with E-state index in [9.17, 15) is 9.90 Å². The van der Waals surface area contributed by atoms with Crippen LogP contribution in [-0.2, 0) is 4.74 Å². The standard InChI is InChI=1S/C13H22N4O3S/c1-17(7-8-5-9(18)6-8)12(19)10-11(14)16-13(21-10)15-3-4-20-2/h8-9,18H,3-7,14H2,1-2H3,(H,15,16). The molecule has 1 fully saturated rings. The number of nitrogen functional groups attached to an aromatic ring is 1. The zero-order chi connectivity index (χ0) is 15.4. The van der Waals surface area contributed by atoms with Crippen LogP contribution in [0.2, 0.25) is 0 Å². The Bertz CT molecular complexity index is 488. The van der Waals surface area contributed by atoms with Crippen LogP contribution in [0.4, 0.5) is 10.9 Å². The fraction of sp³-hybridized carbons (Fsp3) is 0.692. The minimum Gasteiger partial charge on any atom is -0.393 e. The van der Waals surface area contributed by atoms with Crippen molar-refractivity contribution in [2.24, 2.45) is 5.92 Å². The second kappa shape index (κ2) is 7.06. The van der Waals surface area contributed by atoms with Crippen molar-refractivity contribution >= 4 is 28.2 Å². The van der Waals surface area contributed by atoms with E-state index in [4.69, 9.17) is 10.5 Å². The predicted molar refractivity (Wildman–Crippen MR) is 82.6 cm³/mol. The Hall–Kier alpha value is -1.38. The van der Waals surface area contributed by atoms with Crippen LogP contribution in [0.15, 0.2) is 0 Å². The van der Waals surface area contributed by atoms with Gasteiger partial charge in [0.1, 0.15) is 10.7 Å². The molecule has 1 aliphatic carbocycles. The van der Waals surface area contributed by atoms with Gasteiger partial charge in [-0.2, -0.15) is 0 Å². The van der Waals surface area contributed by atoms with Crippen molar-refractivity contribution in [2.75, 3.05) is 44.9 Å². The average Bonchev–Trinajstić information content (AvgIpc) is 2.77. The lowest BCUT2D eigenvalue weighted by Gasteiger charge is -2.34. The number of nitrogens with one attached hydrogen (secondary N) is 1. The van der Waals surface area contributed by atoms with Crippen LogP contribution in [0.5, 0.6) is 0 Å². The number of nitrogens with two attached hydrogens (primary N) is 1. The third kappa shape index (κ3) is 4.05. The number of amides is 1. The first-order valence-corrected chi connectivity index (χ1v) is 7.75. The third-order valence-electron chi connectivity index (χ3n) is 3.52. The summed E-state index contributed by atoms with van der Waals surface area (Å²) >= 11 is 1.26. The number of anilines is 2. The highest BCUT2D eigenvalue weighted by Gasteiger charge is 2.30. The molecule has 1 aromatic heterocycles. The minimum absolute atomic E-state index is 0.119. The van der Waals surface area contributed by atoms with Gasteiger partial charge in [-0.1, -0.05) is 11.3 Å². The third-order valence-corrected chi connectivity index (χ3v) is 4.54. The summed E-state index contributed by atoms with van der Waals surface area (Å²) < 4.78 is 4.94. The van der Waals surface area contributed by atoms with Gasteiger partial charge in [-0.15, -0.1) is 0 Å². The molecule has 7 nitrogen and oxygen atoms in total. The van der Waals surface area contributed by atoms with Crippen molar-refractivity contribution in [2.45, 2.75) is 18.9 Å². The number of carbonyl (C=O) groups is 1. The summed E-state index contributed by atoms with van der Waals surface area (Å²) in [7, 11) is 3.38. The van der Waals surface area contributed by atoms with Gasteiger partial charge in [0, 0.05) is 27.2 Å². The van der Waals surface area contributed by atoms with E-state index in [1.165, 1.54) is 11.3 Å². The van der Waals surface area contributed by atoms with Gasteiger partial charge in [-0.05, 0) is 18.8 Å². The molecule has 0 spiro atoms. The smallest absolute Gasteiger partial charge is 0.267 e. The highest BCUT2D eigenvalue weighted by Crippen LogP contribution is 2.30. The number of nitrogens with zero attached hydrogens (tertiary/aromatic N) is 2. The van der Waals surface area contributed by atoms with E-state index >= 15 is 0 Å². The average molecular weight is 314 g/mol. The zero-order valence-electron chi connectivity index (χ0n) is 12.3. The molecule has 2 rings (SSSR count). The maximum atomic E-state index is 12.4. The highest BCUT2D eigenvalue weighted by atomic mass is 32.1. The number of thiazole rings is 1. The van der Waals surface area contributed by atoms with Crippen LogP contribution in [0.25, 0.3) is 0 Å². The van der Waals surface area contributed by atoms with E-state index in [1.807, 2.05) is 0 Å². The maximum absolute atomic E-state index is 12.4. The van der Waals surface area contributed by atoms with Gasteiger partial charge in [0.05, 0.1) is 12.7 Å². The molecule has 1 heterocycles. The fourth-order valence-electron chi connectivity index (χ4n) is 2.31. The van der Waals surface area contributed by atoms with Crippen molar-refractivity contribution in [1.29, 1.82) is 0 Å². The number of aliphatic hydroxyl groups excluding tert-OH is 1. The number of aliphatic hydroxyl groups is 1. The zero-order valence-corrected chi connectivity index (χ0v) is 13.2. The van der Waals surface area contributed by atoms with Gasteiger partial charge in [-0.3, -0.25) is 4.79 Å². The van der Waals surface area contributed by atoms with Gasteiger partial charge >= 0.3 is 0 Å². The topological polar surface area (TPSA) is 101 Å². The number of rotatable bonds is 7. The van der Waals surface area contributed by atoms with Crippen molar-refractivity contribution in [3.8, 4) is 0 Å². The number of hydrogen-bond acceptors (Lipinski definition) is 7. The lowest BCUT2D eigenvalue weighted by Crippen LogP contribution is -2.39. The Labute approximate surface area is 128 Å². The molecule has 0 radical (unpaired) electrons. The summed E-state index contributed by atoms with van der Waals surface area (Å²) in [6.45, 7) is 1.82. The van der Waals surface area contributed by atoms with Crippen molar-refractivity contribution in [3.05, 3.63) is 4.88 Å². The molecule has 1 aromatic rings. The molecule has 1 aliphatic rings. The molecule has 118 valence electrons. The van der Waals surface area contributed by atoms with Crippen molar-refractivity contribution in [3.63, 3.8) is 0 Å². The first-order valence-electron chi connectivity index (χ1n) is 6.94. The Morgan fingerprint density at radius 3 is 2.95 bits per heavy atom. The molecule has 0 bridgehead atoms. The summed E-state index contributed by atoms with van der Waals surface area (Å²) in [6, 6.07) is 0. The molecule has 0 aliphatic heterocycles. The monoisotopic (exact) mass is 314 g/mol. The number of aromatic nitrogens is 1. The van der Waals surface area contributed by atoms with Crippen molar-refractivity contribution < 1.29 is 14.6 Å². The summed E-state index contributed by atoms with van der Waals surface area (Å²) in [4.78, 5) is 18.6. The summed E-state index contributed by atoms with van der Waals surface area (Å²) in [5.74, 6) is 0.513. The van der Waals surface area contributed by atoms with Gasteiger partial charge in [0.2, 0.25) is 0 Å². The molecule has 0 saturated heterocycles. The summed E-state index contributed by atoms with van der Waals surface area (Å²) in [5, 5.41) is 13.0. The van der Waals surface area contributed by atoms with Crippen LogP contribution < -0.4 is 11.1 Å². The van der Waals surface area contributed by atoms with Crippen LogP contribution in [0, 0.1) is 5.92 Å². The van der Waals surface area contributed by atoms with E-state index in [1.54, 1.807) is 19.1 Å². The molecular weight excluding hydrogens is 292 g/mol. The Morgan fingerprint density at radius 1 is 1.62 bits per heavy atom. The number of carbonyl (C=O) groups excluding carboxylic acids is 1. The Morgan fingerprint density at radius 2 is 2.33 bits per heavy atom. The Kier molecular flexibility index (Phi) is 5.38. The molecule has 0 unspecified atom stereocenters.